The van der Waals surface area contributed by atoms with E-state index in [2.05, 4.69) is 102 Å². The van der Waals surface area contributed by atoms with E-state index in [4.69, 9.17) is 0 Å². The number of hydrogen-bond donors (Lipinski definition) is 2. The van der Waals surface area contributed by atoms with Crippen LogP contribution >= 0.6 is 23.5 Å². The summed E-state index contributed by atoms with van der Waals surface area (Å²) in [5.74, 6) is 0.544. The lowest BCUT2D eigenvalue weighted by Crippen LogP contribution is -2.34. The molecular formula is C32H32N2S2. The molecule has 1 saturated carbocycles. The molecule has 1 saturated heterocycles. The lowest BCUT2D eigenvalue weighted by molar-refractivity contribution is 0.335. The molecular weight excluding hydrogens is 477 g/mol. The Balaban J connectivity index is 1.16. The van der Waals surface area contributed by atoms with Gasteiger partial charge in [-0.3, -0.25) is 0 Å². The van der Waals surface area contributed by atoms with Gasteiger partial charge in [0.1, 0.15) is 0 Å². The van der Waals surface area contributed by atoms with E-state index in [0.717, 1.165) is 6.42 Å². The molecule has 3 aromatic rings. The zero-order valence-electron chi connectivity index (χ0n) is 20.5. The Hall–Kier alpha value is -2.24. The fraction of sp³-hybridized carbons (Fsp3) is 0.312. The molecule has 7 rings (SSSR count). The molecule has 2 fully saturated rings. The van der Waals surface area contributed by atoms with E-state index >= 15 is 0 Å². The maximum atomic E-state index is 3.52. The van der Waals surface area contributed by atoms with Crippen LogP contribution in [0.2, 0.25) is 0 Å². The Bertz CT molecular complexity index is 1320. The average molecular weight is 509 g/mol. The minimum atomic E-state index is 0.180. The molecule has 2 heterocycles. The summed E-state index contributed by atoms with van der Waals surface area (Å²) in [6.45, 7) is 0. The van der Waals surface area contributed by atoms with Crippen molar-refractivity contribution in [1.82, 2.24) is 10.9 Å². The minimum Gasteiger partial charge on any atom is -0.243 e. The standard InChI is InChI=1S/C32H32N2S2/c1-3-9-23(10-4-1)30-33-34-31(36-30)24-15-13-22(14-16-24)25-17-18-29-27(21-25)32(19-7-2-8-20-32)26-11-5-6-12-28(26)35-29/h1,3-6,9,11-18,21,23,30-31,33-34H,2,7-8,10,19-20H2. The molecule has 182 valence electrons. The third kappa shape index (κ3) is 3.99. The Kier molecular flexibility index (Phi) is 6.09. The second-order valence-electron chi connectivity index (χ2n) is 10.5. The van der Waals surface area contributed by atoms with Gasteiger partial charge in [0.2, 0.25) is 0 Å². The molecule has 3 unspecified atom stereocenters. The lowest BCUT2D eigenvalue weighted by atomic mass is 9.65. The predicted octanol–water partition coefficient (Wildman–Crippen LogP) is 8.37. The van der Waals surface area contributed by atoms with Crippen LogP contribution in [0.15, 0.2) is 101 Å². The van der Waals surface area contributed by atoms with E-state index in [-0.39, 0.29) is 10.8 Å². The van der Waals surface area contributed by atoms with Gasteiger partial charge in [-0.1, -0.05) is 104 Å². The van der Waals surface area contributed by atoms with Crippen LogP contribution in [0.3, 0.4) is 0 Å². The molecule has 0 radical (unpaired) electrons. The predicted molar refractivity (Wildman–Crippen MR) is 153 cm³/mol. The zero-order valence-corrected chi connectivity index (χ0v) is 22.1. The van der Waals surface area contributed by atoms with Crippen LogP contribution in [-0.2, 0) is 5.41 Å². The molecule has 2 N–H and O–H groups in total. The summed E-state index contributed by atoms with van der Waals surface area (Å²) in [6.07, 6.45) is 16.6. The van der Waals surface area contributed by atoms with Crippen molar-refractivity contribution in [2.24, 2.45) is 5.92 Å². The molecule has 2 aliphatic carbocycles. The molecule has 4 heteroatoms. The Morgan fingerprint density at radius 3 is 2.39 bits per heavy atom. The van der Waals surface area contributed by atoms with Crippen LogP contribution in [0.4, 0.5) is 0 Å². The SMILES string of the molecule is C1=CCC(C2NNC(c3ccc(-c4ccc5c(c4)C4(CCCCC4)c4ccccc4S5)cc3)S2)C=C1. The highest BCUT2D eigenvalue weighted by Gasteiger charge is 2.41. The smallest absolute Gasteiger partial charge is 0.0933 e. The molecule has 4 aliphatic rings. The summed E-state index contributed by atoms with van der Waals surface area (Å²) in [7, 11) is 0. The molecule has 3 aromatic carbocycles. The molecule has 2 aliphatic heterocycles. The number of allylic oxidation sites excluding steroid dienone is 3. The van der Waals surface area contributed by atoms with Gasteiger partial charge in [0.05, 0.1) is 10.7 Å². The summed E-state index contributed by atoms with van der Waals surface area (Å²) in [4.78, 5) is 2.91. The Morgan fingerprint density at radius 2 is 1.56 bits per heavy atom. The van der Waals surface area contributed by atoms with Crippen molar-refractivity contribution in [1.29, 1.82) is 0 Å². The van der Waals surface area contributed by atoms with Gasteiger partial charge in [0.15, 0.2) is 0 Å². The largest absolute Gasteiger partial charge is 0.243 e. The monoisotopic (exact) mass is 508 g/mol. The number of fused-ring (bicyclic) bond motifs is 4. The maximum Gasteiger partial charge on any atom is 0.0933 e. The molecule has 0 bridgehead atoms. The van der Waals surface area contributed by atoms with Crippen molar-refractivity contribution in [3.8, 4) is 11.1 Å². The van der Waals surface area contributed by atoms with Crippen molar-refractivity contribution >= 4 is 23.5 Å². The molecule has 36 heavy (non-hydrogen) atoms. The van der Waals surface area contributed by atoms with Crippen LogP contribution in [0.1, 0.15) is 60.6 Å². The van der Waals surface area contributed by atoms with Crippen LogP contribution in [-0.4, -0.2) is 5.37 Å². The van der Waals surface area contributed by atoms with Crippen LogP contribution < -0.4 is 10.9 Å². The first kappa shape index (κ1) is 22.9. The number of thioether (sulfide) groups is 1. The van der Waals surface area contributed by atoms with Crippen LogP contribution in [0, 0.1) is 5.92 Å². The summed E-state index contributed by atoms with van der Waals surface area (Å²) in [5.41, 5.74) is 14.3. The normalized spacial score (nSPS) is 26.1. The van der Waals surface area contributed by atoms with E-state index in [0.29, 0.717) is 11.3 Å². The van der Waals surface area contributed by atoms with Gasteiger partial charge in [-0.2, -0.15) is 0 Å². The summed E-state index contributed by atoms with van der Waals surface area (Å²) in [6, 6.07) is 25.6. The third-order valence-electron chi connectivity index (χ3n) is 8.41. The van der Waals surface area contributed by atoms with Gasteiger partial charge in [-0.05, 0) is 65.3 Å². The fourth-order valence-electron chi connectivity index (χ4n) is 6.50. The summed E-state index contributed by atoms with van der Waals surface area (Å²) < 4.78 is 0. The number of nitrogens with one attached hydrogen (secondary N) is 2. The van der Waals surface area contributed by atoms with Gasteiger partial charge in [-0.15, -0.1) is 11.8 Å². The molecule has 0 amide bonds. The summed E-state index contributed by atoms with van der Waals surface area (Å²) in [5, 5.41) is 0.689. The highest BCUT2D eigenvalue weighted by molar-refractivity contribution is 8.00. The average Bonchev–Trinajstić information content (AvgIpc) is 3.45. The van der Waals surface area contributed by atoms with E-state index in [1.807, 2.05) is 23.5 Å². The van der Waals surface area contributed by atoms with E-state index < -0.39 is 0 Å². The second kappa shape index (κ2) is 9.57. The maximum absolute atomic E-state index is 3.52. The lowest BCUT2D eigenvalue weighted by Gasteiger charge is -2.43. The first-order valence-corrected chi connectivity index (χ1v) is 15.1. The Labute approximate surface area is 223 Å². The molecule has 0 aromatic heterocycles. The second-order valence-corrected chi connectivity index (χ2v) is 12.8. The topological polar surface area (TPSA) is 24.1 Å². The van der Waals surface area contributed by atoms with Gasteiger partial charge < -0.3 is 0 Å². The van der Waals surface area contributed by atoms with E-state index in [1.165, 1.54) is 58.6 Å². The third-order valence-corrected chi connectivity index (χ3v) is 11.0. The van der Waals surface area contributed by atoms with Crippen LogP contribution in [0.25, 0.3) is 11.1 Å². The minimum absolute atomic E-state index is 0.180. The van der Waals surface area contributed by atoms with Crippen LogP contribution in [0.5, 0.6) is 0 Å². The molecule has 2 nitrogen and oxygen atoms in total. The quantitative estimate of drug-likeness (QED) is 0.371. The number of benzene rings is 3. The van der Waals surface area contributed by atoms with Crippen molar-refractivity contribution in [2.75, 3.05) is 0 Å². The van der Waals surface area contributed by atoms with Crippen molar-refractivity contribution in [3.63, 3.8) is 0 Å². The van der Waals surface area contributed by atoms with Crippen molar-refractivity contribution in [2.45, 2.75) is 64.5 Å². The van der Waals surface area contributed by atoms with Crippen molar-refractivity contribution in [3.05, 3.63) is 108 Å². The first-order valence-electron chi connectivity index (χ1n) is 13.3. The number of hydrazine groups is 1. The van der Waals surface area contributed by atoms with Gasteiger partial charge >= 0.3 is 0 Å². The number of rotatable bonds is 3. The van der Waals surface area contributed by atoms with Gasteiger partial charge in [-0.25, -0.2) is 10.9 Å². The van der Waals surface area contributed by atoms with E-state index in [9.17, 15) is 0 Å². The molecule has 1 spiro atoms. The van der Waals surface area contributed by atoms with Gasteiger partial charge in [0, 0.05) is 21.1 Å². The fourth-order valence-corrected chi connectivity index (χ4v) is 9.04. The van der Waals surface area contributed by atoms with Gasteiger partial charge in [0.25, 0.3) is 0 Å². The van der Waals surface area contributed by atoms with E-state index in [1.54, 1.807) is 11.1 Å². The Morgan fingerprint density at radius 1 is 0.750 bits per heavy atom. The molecule has 3 atom stereocenters. The van der Waals surface area contributed by atoms with Crippen molar-refractivity contribution < 1.29 is 0 Å². The summed E-state index contributed by atoms with van der Waals surface area (Å²) >= 11 is 3.95. The highest BCUT2D eigenvalue weighted by atomic mass is 32.2. The first-order chi connectivity index (χ1) is 17.8. The highest BCUT2D eigenvalue weighted by Crippen LogP contribution is 2.55. The zero-order chi connectivity index (χ0) is 24.0. The number of hydrogen-bond acceptors (Lipinski definition) is 4.